The predicted molar refractivity (Wildman–Crippen MR) is 125 cm³/mol. The fourth-order valence-electron chi connectivity index (χ4n) is 4.63. The van der Waals surface area contributed by atoms with E-state index in [0.717, 1.165) is 65.4 Å². The Kier molecular flexibility index (Phi) is 4.98. The van der Waals surface area contributed by atoms with Crippen LogP contribution in [-0.4, -0.2) is 19.6 Å². The van der Waals surface area contributed by atoms with E-state index in [9.17, 15) is 5.11 Å². The van der Waals surface area contributed by atoms with Gasteiger partial charge in [0.1, 0.15) is 11.3 Å². The van der Waals surface area contributed by atoms with Crippen molar-refractivity contribution in [2.45, 2.75) is 53.2 Å². The number of nitrogens with one attached hydrogen (secondary N) is 1. The van der Waals surface area contributed by atoms with E-state index in [2.05, 4.69) is 60.1 Å². The highest BCUT2D eigenvalue weighted by atomic mass is 16.3. The maximum absolute atomic E-state index is 9.46. The van der Waals surface area contributed by atoms with Crippen LogP contribution in [0.15, 0.2) is 42.5 Å². The van der Waals surface area contributed by atoms with Crippen molar-refractivity contribution in [3.63, 3.8) is 0 Å². The van der Waals surface area contributed by atoms with Gasteiger partial charge in [0.25, 0.3) is 0 Å². The van der Waals surface area contributed by atoms with Gasteiger partial charge in [-0.2, -0.15) is 0 Å². The molecule has 0 atom stereocenters. The number of hydrogen-bond acceptors (Lipinski definition) is 4. The molecule has 2 N–H and O–H groups in total. The molecule has 0 saturated carbocycles. The van der Waals surface area contributed by atoms with Gasteiger partial charge in [-0.15, -0.1) is 0 Å². The third-order valence-electron chi connectivity index (χ3n) is 6.21. The zero-order chi connectivity index (χ0) is 21.5. The predicted octanol–water partition coefficient (Wildman–Crippen LogP) is 4.99. The molecule has 0 fully saturated rings. The molecule has 0 amide bonds. The van der Waals surface area contributed by atoms with E-state index in [1.807, 2.05) is 13.0 Å². The smallest absolute Gasteiger partial charge is 0.160 e. The number of pyridine rings is 1. The second kappa shape index (κ2) is 7.82. The molecule has 0 saturated heterocycles. The van der Waals surface area contributed by atoms with Crippen LogP contribution in [0, 0.1) is 13.8 Å². The molecule has 1 aliphatic rings. The Labute approximate surface area is 182 Å². The topological polar surface area (TPSA) is 63.0 Å². The van der Waals surface area contributed by atoms with Crippen LogP contribution < -0.4 is 5.32 Å². The standard InChI is InChI=1S/C26H28N4O/c1-4-24-29-25-16(2)11-17(3)27-26(25)30(24)14-18-5-9-22-20(12-18)7-8-21-13-19(15-31)6-10-23(21)28-22/h5-6,9-13,28,31H,4,7-8,14-15H2,1-3H3. The number of rotatable bonds is 4. The summed E-state index contributed by atoms with van der Waals surface area (Å²) in [6.45, 7) is 7.16. The number of aryl methyl sites for hydroxylation is 5. The van der Waals surface area contributed by atoms with Crippen LogP contribution >= 0.6 is 0 Å². The van der Waals surface area contributed by atoms with Crippen LogP contribution in [0.1, 0.15) is 46.3 Å². The van der Waals surface area contributed by atoms with Gasteiger partial charge in [-0.1, -0.05) is 31.2 Å². The lowest BCUT2D eigenvalue weighted by molar-refractivity contribution is 0.282. The lowest BCUT2D eigenvalue weighted by Crippen LogP contribution is -2.06. The number of fused-ring (bicyclic) bond motifs is 3. The van der Waals surface area contributed by atoms with Crippen molar-refractivity contribution in [1.82, 2.24) is 14.5 Å². The zero-order valence-corrected chi connectivity index (χ0v) is 18.4. The molecule has 2 aromatic heterocycles. The van der Waals surface area contributed by atoms with Crippen molar-refractivity contribution < 1.29 is 5.11 Å². The first-order valence-electron chi connectivity index (χ1n) is 11.0. The minimum atomic E-state index is 0.0793. The summed E-state index contributed by atoms with van der Waals surface area (Å²) in [7, 11) is 0. The van der Waals surface area contributed by atoms with Crippen molar-refractivity contribution in [3.8, 4) is 0 Å². The average Bonchev–Trinajstić information content (AvgIpc) is 3.00. The Morgan fingerprint density at radius 2 is 1.61 bits per heavy atom. The summed E-state index contributed by atoms with van der Waals surface area (Å²) in [5, 5.41) is 13.1. The number of anilines is 2. The van der Waals surface area contributed by atoms with Gasteiger partial charge in [0, 0.05) is 23.5 Å². The van der Waals surface area contributed by atoms with E-state index in [1.54, 1.807) is 0 Å². The molecule has 158 valence electrons. The van der Waals surface area contributed by atoms with Crippen LogP contribution in [0.2, 0.25) is 0 Å². The van der Waals surface area contributed by atoms with Crippen LogP contribution in [0.25, 0.3) is 11.2 Å². The molecule has 5 nitrogen and oxygen atoms in total. The lowest BCUT2D eigenvalue weighted by Gasteiger charge is -2.13. The van der Waals surface area contributed by atoms with E-state index in [0.29, 0.717) is 0 Å². The van der Waals surface area contributed by atoms with E-state index in [1.165, 1.54) is 22.3 Å². The Morgan fingerprint density at radius 1 is 0.935 bits per heavy atom. The summed E-state index contributed by atoms with van der Waals surface area (Å²) in [4.78, 5) is 9.70. The Bertz CT molecular complexity index is 1290. The van der Waals surface area contributed by atoms with Crippen molar-refractivity contribution in [3.05, 3.63) is 81.8 Å². The molecular weight excluding hydrogens is 384 g/mol. The van der Waals surface area contributed by atoms with Gasteiger partial charge < -0.3 is 15.0 Å². The zero-order valence-electron chi connectivity index (χ0n) is 18.4. The summed E-state index contributed by atoms with van der Waals surface area (Å²) >= 11 is 0. The largest absolute Gasteiger partial charge is 0.392 e. The fourth-order valence-corrected chi connectivity index (χ4v) is 4.63. The number of benzene rings is 2. The molecule has 0 bridgehead atoms. The van der Waals surface area contributed by atoms with E-state index in [-0.39, 0.29) is 6.61 Å². The van der Waals surface area contributed by atoms with Crippen LogP contribution in [-0.2, 0) is 32.4 Å². The summed E-state index contributed by atoms with van der Waals surface area (Å²) in [6.07, 6.45) is 2.81. The summed E-state index contributed by atoms with van der Waals surface area (Å²) in [6, 6.07) is 15.0. The highest BCUT2D eigenvalue weighted by molar-refractivity contribution is 5.76. The minimum absolute atomic E-state index is 0.0793. The third-order valence-corrected chi connectivity index (χ3v) is 6.21. The molecule has 0 unspecified atom stereocenters. The first-order valence-corrected chi connectivity index (χ1v) is 11.0. The molecule has 5 rings (SSSR count). The van der Waals surface area contributed by atoms with E-state index >= 15 is 0 Å². The number of nitrogens with zero attached hydrogens (tertiary/aromatic N) is 3. The molecule has 31 heavy (non-hydrogen) atoms. The molecule has 5 heteroatoms. The van der Waals surface area contributed by atoms with E-state index < -0.39 is 0 Å². The first kappa shape index (κ1) is 19.8. The van der Waals surface area contributed by atoms with Crippen molar-refractivity contribution >= 4 is 22.5 Å². The molecule has 0 radical (unpaired) electrons. The maximum Gasteiger partial charge on any atom is 0.160 e. The summed E-state index contributed by atoms with van der Waals surface area (Å²) in [5.41, 5.74) is 11.3. The number of aliphatic hydroxyl groups is 1. The Morgan fingerprint density at radius 3 is 2.29 bits per heavy atom. The molecule has 0 aliphatic carbocycles. The molecule has 1 aliphatic heterocycles. The highest BCUT2D eigenvalue weighted by Crippen LogP contribution is 2.32. The normalized spacial score (nSPS) is 12.9. The Hall–Kier alpha value is -3.18. The van der Waals surface area contributed by atoms with Gasteiger partial charge in [-0.05, 0) is 72.7 Å². The Balaban J connectivity index is 1.49. The number of imidazole rings is 1. The maximum atomic E-state index is 9.46. The van der Waals surface area contributed by atoms with Crippen LogP contribution in [0.5, 0.6) is 0 Å². The lowest BCUT2D eigenvalue weighted by atomic mass is 10.0. The van der Waals surface area contributed by atoms with E-state index in [4.69, 9.17) is 9.97 Å². The van der Waals surface area contributed by atoms with Gasteiger partial charge in [-0.3, -0.25) is 0 Å². The molecule has 3 heterocycles. The minimum Gasteiger partial charge on any atom is -0.392 e. The quantitative estimate of drug-likeness (QED) is 0.495. The van der Waals surface area contributed by atoms with Crippen LogP contribution in [0.3, 0.4) is 0 Å². The fraction of sp³-hybridized carbons (Fsp3) is 0.308. The monoisotopic (exact) mass is 412 g/mol. The second-order valence-corrected chi connectivity index (χ2v) is 8.49. The van der Waals surface area contributed by atoms with Crippen molar-refractivity contribution in [2.75, 3.05) is 5.32 Å². The van der Waals surface area contributed by atoms with Gasteiger partial charge in [0.15, 0.2) is 5.65 Å². The molecule has 4 aromatic rings. The van der Waals surface area contributed by atoms with Crippen molar-refractivity contribution in [1.29, 1.82) is 0 Å². The van der Waals surface area contributed by atoms with Gasteiger partial charge in [0.05, 0.1) is 13.2 Å². The third kappa shape index (κ3) is 3.59. The van der Waals surface area contributed by atoms with Gasteiger partial charge in [0.2, 0.25) is 0 Å². The van der Waals surface area contributed by atoms with Gasteiger partial charge >= 0.3 is 0 Å². The number of hydrogen-bond donors (Lipinski definition) is 2. The first-order chi connectivity index (χ1) is 15.1. The summed E-state index contributed by atoms with van der Waals surface area (Å²) < 4.78 is 2.27. The number of aromatic nitrogens is 3. The van der Waals surface area contributed by atoms with Crippen LogP contribution in [0.4, 0.5) is 11.4 Å². The average molecular weight is 413 g/mol. The molecular formula is C26H28N4O. The molecule has 2 aromatic carbocycles. The highest BCUT2D eigenvalue weighted by Gasteiger charge is 2.16. The second-order valence-electron chi connectivity index (χ2n) is 8.49. The van der Waals surface area contributed by atoms with Gasteiger partial charge in [-0.25, -0.2) is 9.97 Å². The summed E-state index contributed by atoms with van der Waals surface area (Å²) in [5.74, 6) is 1.08. The SMILES string of the molecule is CCc1nc2c(C)cc(C)nc2n1Cc1ccc2c(c1)CCc1cc(CO)ccc1N2. The number of aliphatic hydroxyl groups excluding tert-OH is 1. The molecule has 0 spiro atoms. The van der Waals surface area contributed by atoms with Crippen molar-refractivity contribution in [2.24, 2.45) is 0 Å².